The highest BCUT2D eigenvalue weighted by molar-refractivity contribution is 9.10. The van der Waals surface area contributed by atoms with E-state index < -0.39 is 0 Å². The van der Waals surface area contributed by atoms with Crippen LogP contribution in [0.25, 0.3) is 10.8 Å². The molecule has 0 bridgehead atoms. The van der Waals surface area contributed by atoms with E-state index in [1.165, 1.54) is 6.07 Å². The number of hydrogen-bond donors (Lipinski definition) is 0. The number of aromatic nitrogens is 1. The summed E-state index contributed by atoms with van der Waals surface area (Å²) in [5.41, 5.74) is 0. The summed E-state index contributed by atoms with van der Waals surface area (Å²) in [4.78, 5) is 3.82. The topological polar surface area (TPSA) is 12.9 Å². The van der Waals surface area contributed by atoms with Crippen LogP contribution in [0, 0.1) is 5.82 Å². The number of benzene rings is 1. The summed E-state index contributed by atoms with van der Waals surface area (Å²) in [6.45, 7) is 0. The number of halogens is 4. The second-order valence-electron chi connectivity index (χ2n) is 2.72. The zero-order chi connectivity index (χ0) is 10.3. The Morgan fingerprint density at radius 1 is 1.21 bits per heavy atom. The average molecular weight is 295 g/mol. The molecule has 72 valence electrons. The number of rotatable bonds is 0. The molecule has 5 heteroatoms. The maximum absolute atomic E-state index is 13.2. The van der Waals surface area contributed by atoms with E-state index in [2.05, 4.69) is 20.9 Å². The van der Waals surface area contributed by atoms with Gasteiger partial charge in [-0.3, -0.25) is 0 Å². The van der Waals surface area contributed by atoms with Gasteiger partial charge in [0.2, 0.25) is 0 Å². The molecule has 2 aromatic rings. The van der Waals surface area contributed by atoms with Gasteiger partial charge in [0.25, 0.3) is 0 Å². The van der Waals surface area contributed by atoms with Crippen molar-refractivity contribution in [2.24, 2.45) is 0 Å². The van der Waals surface area contributed by atoms with Gasteiger partial charge in [0, 0.05) is 5.39 Å². The van der Waals surface area contributed by atoms with Crippen LogP contribution in [0.1, 0.15) is 0 Å². The molecule has 0 aliphatic heterocycles. The number of pyridine rings is 1. The van der Waals surface area contributed by atoms with Gasteiger partial charge in [0.05, 0.1) is 4.47 Å². The van der Waals surface area contributed by atoms with Crippen molar-refractivity contribution in [3.63, 3.8) is 0 Å². The highest BCUT2D eigenvalue weighted by Crippen LogP contribution is 2.29. The first-order valence-corrected chi connectivity index (χ1v) is 5.23. The lowest BCUT2D eigenvalue weighted by Gasteiger charge is -2.02. The molecule has 0 spiro atoms. The van der Waals surface area contributed by atoms with Crippen LogP contribution in [-0.4, -0.2) is 4.98 Å². The Balaban J connectivity index is 2.89. The molecular weight excluding hydrogens is 292 g/mol. The van der Waals surface area contributed by atoms with Crippen molar-refractivity contribution in [3.05, 3.63) is 38.8 Å². The largest absolute Gasteiger partial charge is 0.224 e. The summed E-state index contributed by atoms with van der Waals surface area (Å²) in [5.74, 6) is -0.372. The minimum Gasteiger partial charge on any atom is -0.224 e. The normalized spacial score (nSPS) is 10.9. The minimum atomic E-state index is -0.372. The van der Waals surface area contributed by atoms with E-state index in [-0.39, 0.29) is 11.0 Å². The van der Waals surface area contributed by atoms with E-state index >= 15 is 0 Å². The van der Waals surface area contributed by atoms with Crippen molar-refractivity contribution in [2.75, 3.05) is 0 Å². The lowest BCUT2D eigenvalue weighted by Crippen LogP contribution is -1.84. The third-order valence-corrected chi connectivity index (χ3v) is 2.88. The predicted octanol–water partition coefficient (Wildman–Crippen LogP) is 4.44. The van der Waals surface area contributed by atoms with E-state index in [4.69, 9.17) is 23.2 Å². The summed E-state index contributed by atoms with van der Waals surface area (Å²) in [7, 11) is 0. The molecule has 0 atom stereocenters. The third kappa shape index (κ3) is 1.72. The van der Waals surface area contributed by atoms with Crippen LogP contribution < -0.4 is 0 Å². The molecule has 14 heavy (non-hydrogen) atoms. The summed E-state index contributed by atoms with van der Waals surface area (Å²) >= 11 is 14.6. The van der Waals surface area contributed by atoms with E-state index in [1.807, 2.05) is 0 Å². The Bertz CT molecular complexity index is 516. The smallest absolute Gasteiger partial charge is 0.138 e. The van der Waals surface area contributed by atoms with Crippen LogP contribution in [0.3, 0.4) is 0 Å². The average Bonchev–Trinajstić information content (AvgIpc) is 2.08. The molecular formula is C9H3BrCl2FN. The van der Waals surface area contributed by atoms with Gasteiger partial charge < -0.3 is 0 Å². The van der Waals surface area contributed by atoms with Gasteiger partial charge in [-0.05, 0) is 39.5 Å². The van der Waals surface area contributed by atoms with Crippen LogP contribution in [0.4, 0.5) is 4.39 Å². The maximum Gasteiger partial charge on any atom is 0.138 e. The van der Waals surface area contributed by atoms with Crippen LogP contribution in [0.2, 0.25) is 10.3 Å². The molecule has 0 N–H and O–H groups in total. The van der Waals surface area contributed by atoms with Gasteiger partial charge in [-0.1, -0.05) is 23.2 Å². The zero-order valence-electron chi connectivity index (χ0n) is 6.69. The Hall–Kier alpha value is -0.380. The zero-order valence-corrected chi connectivity index (χ0v) is 9.79. The molecule has 1 heterocycles. The maximum atomic E-state index is 13.2. The molecule has 0 aliphatic rings. The first kappa shape index (κ1) is 10.1. The lowest BCUT2D eigenvalue weighted by molar-refractivity contribution is 0.623. The fourth-order valence-electron chi connectivity index (χ4n) is 1.17. The third-order valence-electron chi connectivity index (χ3n) is 1.79. The number of fused-ring (bicyclic) bond motifs is 1. The predicted molar refractivity (Wildman–Crippen MR) is 59.4 cm³/mol. The number of hydrogen-bond acceptors (Lipinski definition) is 1. The quantitative estimate of drug-likeness (QED) is 0.655. The lowest BCUT2D eigenvalue weighted by atomic mass is 10.2. The number of nitrogens with zero attached hydrogens (tertiary/aromatic N) is 1. The Morgan fingerprint density at radius 3 is 2.64 bits per heavy atom. The van der Waals surface area contributed by atoms with Crippen LogP contribution in [-0.2, 0) is 0 Å². The van der Waals surface area contributed by atoms with Crippen molar-refractivity contribution in [1.82, 2.24) is 4.98 Å². The van der Waals surface area contributed by atoms with Gasteiger partial charge >= 0.3 is 0 Å². The van der Waals surface area contributed by atoms with Crippen molar-refractivity contribution < 1.29 is 4.39 Å². The molecule has 1 nitrogen and oxygen atoms in total. The molecule has 0 aliphatic carbocycles. The molecule has 1 aromatic heterocycles. The first-order chi connectivity index (χ1) is 6.58. The van der Waals surface area contributed by atoms with Gasteiger partial charge in [0.15, 0.2) is 0 Å². The molecule has 0 fully saturated rings. The standard InChI is InChI=1S/C9H3BrCl2FN/c10-6-1-4-2-8(11)14-9(12)5(4)3-7(6)13/h1-3H. The summed E-state index contributed by atoms with van der Waals surface area (Å²) in [6.07, 6.45) is 0. The molecule has 1 aromatic carbocycles. The Labute approximate surface area is 98.0 Å². The SMILES string of the molecule is Fc1cc2c(Cl)nc(Cl)cc2cc1Br. The van der Waals surface area contributed by atoms with Gasteiger partial charge in [-0.15, -0.1) is 0 Å². The highest BCUT2D eigenvalue weighted by Gasteiger charge is 2.07. The summed E-state index contributed by atoms with van der Waals surface area (Å²) in [6, 6.07) is 4.57. The van der Waals surface area contributed by atoms with Crippen LogP contribution in [0.15, 0.2) is 22.7 Å². The molecule has 0 radical (unpaired) electrons. The van der Waals surface area contributed by atoms with E-state index in [1.54, 1.807) is 12.1 Å². The summed E-state index contributed by atoms with van der Waals surface area (Å²) in [5, 5.41) is 1.81. The monoisotopic (exact) mass is 293 g/mol. The fourth-order valence-corrected chi connectivity index (χ4v) is 2.04. The van der Waals surface area contributed by atoms with Crippen molar-refractivity contribution in [2.45, 2.75) is 0 Å². The Kier molecular flexibility index (Phi) is 2.64. The Morgan fingerprint density at radius 2 is 1.93 bits per heavy atom. The van der Waals surface area contributed by atoms with Gasteiger partial charge in [0.1, 0.15) is 16.1 Å². The van der Waals surface area contributed by atoms with E-state index in [0.29, 0.717) is 15.0 Å². The molecule has 0 saturated carbocycles. The second-order valence-corrected chi connectivity index (χ2v) is 4.32. The second kappa shape index (κ2) is 3.65. The van der Waals surface area contributed by atoms with Gasteiger partial charge in [-0.2, -0.15) is 0 Å². The molecule has 0 saturated heterocycles. The van der Waals surface area contributed by atoms with Crippen LogP contribution >= 0.6 is 39.1 Å². The molecule has 0 amide bonds. The minimum absolute atomic E-state index is 0.207. The van der Waals surface area contributed by atoms with Crippen LogP contribution in [0.5, 0.6) is 0 Å². The van der Waals surface area contributed by atoms with E-state index in [9.17, 15) is 4.39 Å². The van der Waals surface area contributed by atoms with Crippen molar-refractivity contribution in [3.8, 4) is 0 Å². The van der Waals surface area contributed by atoms with Crippen molar-refractivity contribution in [1.29, 1.82) is 0 Å². The summed E-state index contributed by atoms with van der Waals surface area (Å²) < 4.78 is 13.5. The van der Waals surface area contributed by atoms with E-state index in [0.717, 1.165) is 5.39 Å². The first-order valence-electron chi connectivity index (χ1n) is 3.69. The fraction of sp³-hybridized carbons (Fsp3) is 0. The molecule has 0 unspecified atom stereocenters. The highest BCUT2D eigenvalue weighted by atomic mass is 79.9. The molecule has 2 rings (SSSR count). The van der Waals surface area contributed by atoms with Gasteiger partial charge in [-0.25, -0.2) is 9.37 Å². The van der Waals surface area contributed by atoms with Crippen molar-refractivity contribution >= 4 is 49.9 Å².